The molecular weight excluding hydrogens is 454 g/mol. The van der Waals surface area contributed by atoms with Gasteiger partial charge in [-0.15, -0.1) is 11.8 Å². The fourth-order valence-electron chi connectivity index (χ4n) is 4.04. The van der Waals surface area contributed by atoms with Crippen molar-refractivity contribution in [2.45, 2.75) is 56.7 Å². The van der Waals surface area contributed by atoms with E-state index in [1.165, 1.54) is 16.7 Å². The van der Waals surface area contributed by atoms with E-state index in [0.29, 0.717) is 6.54 Å². The molecule has 1 aliphatic rings. The Morgan fingerprint density at radius 1 is 1.12 bits per heavy atom. The first-order chi connectivity index (χ1) is 16.1. The van der Waals surface area contributed by atoms with Gasteiger partial charge in [-0.25, -0.2) is 9.59 Å². The molecule has 3 amide bonds. The molecule has 4 N–H and O–H groups in total. The normalized spacial score (nSPS) is 18.7. The number of carboxylic acids is 1. The third kappa shape index (κ3) is 6.09. The molecule has 182 valence electrons. The minimum atomic E-state index is -1.61. The van der Waals surface area contributed by atoms with Crippen LogP contribution in [0.4, 0.5) is 4.79 Å². The zero-order valence-electron chi connectivity index (χ0n) is 19.5. The number of carbonyl (C=O) groups excluding carboxylic acids is 2. The Kier molecular flexibility index (Phi) is 8.22. The molecular formula is C25H31N3O5S. The Balaban J connectivity index is 1.75. The average molecular weight is 486 g/mol. The Morgan fingerprint density at radius 3 is 2.41 bits per heavy atom. The molecule has 0 radical (unpaired) electrons. The lowest BCUT2D eigenvalue weighted by Crippen LogP contribution is -2.57. The van der Waals surface area contributed by atoms with Crippen LogP contribution in [0.25, 0.3) is 0 Å². The van der Waals surface area contributed by atoms with Crippen LogP contribution in [0.5, 0.6) is 0 Å². The van der Waals surface area contributed by atoms with E-state index >= 15 is 0 Å². The van der Waals surface area contributed by atoms with Gasteiger partial charge in [0.1, 0.15) is 6.04 Å². The van der Waals surface area contributed by atoms with Crippen LogP contribution in [0.2, 0.25) is 0 Å². The number of hydrogen-bond donors (Lipinski definition) is 4. The Hall–Kier alpha value is -3.04. The third-order valence-electron chi connectivity index (χ3n) is 6.01. The summed E-state index contributed by atoms with van der Waals surface area (Å²) < 4.78 is -0.700. The molecule has 3 rings (SSSR count). The lowest BCUT2D eigenvalue weighted by Gasteiger charge is -2.31. The molecule has 34 heavy (non-hydrogen) atoms. The molecule has 1 fully saturated rings. The van der Waals surface area contributed by atoms with Crippen molar-refractivity contribution in [3.05, 3.63) is 71.3 Å². The van der Waals surface area contributed by atoms with Crippen LogP contribution in [0, 0.1) is 6.92 Å². The van der Waals surface area contributed by atoms with Crippen molar-refractivity contribution in [3.63, 3.8) is 0 Å². The zero-order valence-corrected chi connectivity index (χ0v) is 20.3. The van der Waals surface area contributed by atoms with Crippen molar-refractivity contribution in [1.82, 2.24) is 15.5 Å². The number of aliphatic carboxylic acids is 1. The van der Waals surface area contributed by atoms with Crippen LogP contribution < -0.4 is 10.6 Å². The highest BCUT2D eigenvalue weighted by Crippen LogP contribution is 2.39. The van der Waals surface area contributed by atoms with Crippen molar-refractivity contribution in [3.8, 4) is 0 Å². The minimum Gasteiger partial charge on any atom is -0.480 e. The fourth-order valence-corrected chi connectivity index (χ4v) is 5.18. The van der Waals surface area contributed by atoms with Crippen molar-refractivity contribution in [2.75, 3.05) is 5.88 Å². The van der Waals surface area contributed by atoms with E-state index in [0.717, 1.165) is 16.7 Å². The first-order valence-electron chi connectivity index (χ1n) is 11.1. The number of hydrogen-bond acceptors (Lipinski definition) is 5. The number of amides is 3. The molecule has 1 heterocycles. The van der Waals surface area contributed by atoms with Crippen LogP contribution in [-0.2, 0) is 22.6 Å². The number of aliphatic hydroxyl groups excluding tert-OH is 1. The highest BCUT2D eigenvalue weighted by atomic mass is 32.2. The van der Waals surface area contributed by atoms with Crippen molar-refractivity contribution < 1.29 is 24.6 Å². The van der Waals surface area contributed by atoms with Gasteiger partial charge in [0.25, 0.3) is 5.91 Å². The topological polar surface area (TPSA) is 119 Å². The van der Waals surface area contributed by atoms with E-state index in [1.807, 2.05) is 61.5 Å². The molecule has 8 nitrogen and oxygen atoms in total. The predicted molar refractivity (Wildman–Crippen MR) is 131 cm³/mol. The van der Waals surface area contributed by atoms with Gasteiger partial charge in [-0.2, -0.15) is 0 Å². The summed E-state index contributed by atoms with van der Waals surface area (Å²) in [6.07, 6.45) is -1.41. The summed E-state index contributed by atoms with van der Waals surface area (Å²) in [5.74, 6) is -1.69. The van der Waals surface area contributed by atoms with Crippen molar-refractivity contribution in [2.24, 2.45) is 0 Å². The summed E-state index contributed by atoms with van der Waals surface area (Å²) >= 11 is 1.34. The first-order valence-corrected chi connectivity index (χ1v) is 12.1. The molecule has 0 spiro atoms. The number of urea groups is 1. The minimum absolute atomic E-state index is 0.150. The Morgan fingerprint density at radius 2 is 1.76 bits per heavy atom. The average Bonchev–Trinajstić information content (AvgIpc) is 3.13. The first kappa shape index (κ1) is 25.6. The molecule has 1 unspecified atom stereocenters. The number of nitrogens with zero attached hydrogens (tertiary/aromatic N) is 1. The van der Waals surface area contributed by atoms with Gasteiger partial charge < -0.3 is 25.7 Å². The van der Waals surface area contributed by atoms with Crippen LogP contribution in [0.3, 0.4) is 0 Å². The van der Waals surface area contributed by atoms with E-state index in [2.05, 4.69) is 10.6 Å². The Bertz CT molecular complexity index is 1030. The van der Waals surface area contributed by atoms with Crippen molar-refractivity contribution in [1.29, 1.82) is 0 Å². The summed E-state index contributed by atoms with van der Waals surface area (Å²) in [7, 11) is 0. The molecule has 0 bridgehead atoms. The molecule has 0 aliphatic carbocycles. The Labute approximate surface area is 203 Å². The highest BCUT2D eigenvalue weighted by molar-refractivity contribution is 8.00. The molecule has 3 atom stereocenters. The summed E-state index contributed by atoms with van der Waals surface area (Å²) in [6.45, 7) is 5.76. The zero-order chi connectivity index (χ0) is 24.9. The quantitative estimate of drug-likeness (QED) is 0.456. The van der Waals surface area contributed by atoms with E-state index in [4.69, 9.17) is 0 Å². The maximum atomic E-state index is 13.2. The third-order valence-corrected chi connectivity index (χ3v) is 7.39. The lowest BCUT2D eigenvalue weighted by atomic mass is 9.98. The number of aryl methyl sites for hydroxylation is 1. The smallest absolute Gasteiger partial charge is 0.327 e. The van der Waals surface area contributed by atoms with Gasteiger partial charge in [0, 0.05) is 11.3 Å². The summed E-state index contributed by atoms with van der Waals surface area (Å²) in [6, 6.07) is 14.3. The largest absolute Gasteiger partial charge is 0.480 e. The monoisotopic (exact) mass is 485 g/mol. The van der Waals surface area contributed by atoms with Crippen molar-refractivity contribution >= 4 is 29.7 Å². The summed E-state index contributed by atoms with van der Waals surface area (Å²) in [5, 5.41) is 26.2. The standard InChI is InChI=1S/C25H31N3O5S/c1-16-9-7-8-12-18(16)14-26-24(33)27-19(13-17-10-5-4-6-11-17)20(29)22(30)28-15-34-25(2,3)21(28)23(31)32/h4-12,19-21,29H,13-15H2,1-3H3,(H,31,32)(H2,26,27,33)/t19-,20-,21?/m0/s1. The number of carboxylic acid groups (broad SMARTS) is 1. The second-order valence-electron chi connectivity index (χ2n) is 8.92. The predicted octanol–water partition coefficient (Wildman–Crippen LogP) is 2.53. The van der Waals surface area contributed by atoms with Gasteiger partial charge in [-0.05, 0) is 43.9 Å². The van der Waals surface area contributed by atoms with E-state index in [-0.39, 0.29) is 12.3 Å². The number of rotatable bonds is 8. The second kappa shape index (κ2) is 10.9. The number of carbonyl (C=O) groups is 3. The van der Waals surface area contributed by atoms with Crippen LogP contribution >= 0.6 is 11.8 Å². The van der Waals surface area contributed by atoms with Gasteiger partial charge in [-0.3, -0.25) is 4.79 Å². The number of benzene rings is 2. The molecule has 1 aliphatic heterocycles. The maximum absolute atomic E-state index is 13.2. The maximum Gasteiger partial charge on any atom is 0.327 e. The number of aliphatic hydroxyl groups is 1. The van der Waals surface area contributed by atoms with Gasteiger partial charge >= 0.3 is 12.0 Å². The van der Waals surface area contributed by atoms with Gasteiger partial charge in [0.15, 0.2) is 6.10 Å². The molecule has 2 aromatic carbocycles. The summed E-state index contributed by atoms with van der Waals surface area (Å²) in [5.41, 5.74) is 2.81. The number of nitrogens with one attached hydrogen (secondary N) is 2. The molecule has 9 heteroatoms. The lowest BCUT2D eigenvalue weighted by molar-refractivity contribution is -0.154. The molecule has 1 saturated heterocycles. The van der Waals surface area contributed by atoms with Crippen LogP contribution in [0.15, 0.2) is 54.6 Å². The highest BCUT2D eigenvalue weighted by Gasteiger charge is 2.50. The van der Waals surface area contributed by atoms with E-state index in [9.17, 15) is 24.6 Å². The number of thioether (sulfide) groups is 1. The van der Waals surface area contributed by atoms with E-state index < -0.39 is 40.8 Å². The SMILES string of the molecule is Cc1ccccc1CNC(=O)N[C@@H](Cc1ccccc1)[C@H](O)C(=O)N1CSC(C)(C)C1C(=O)O. The van der Waals surface area contributed by atoms with Gasteiger partial charge in [0.05, 0.1) is 11.9 Å². The van der Waals surface area contributed by atoms with Crippen LogP contribution in [-0.4, -0.2) is 61.8 Å². The van der Waals surface area contributed by atoms with E-state index in [1.54, 1.807) is 13.8 Å². The second-order valence-corrected chi connectivity index (χ2v) is 10.5. The molecule has 0 aromatic heterocycles. The summed E-state index contributed by atoms with van der Waals surface area (Å²) in [4.78, 5) is 39.0. The fraction of sp³-hybridized carbons (Fsp3) is 0.400. The van der Waals surface area contributed by atoms with Crippen LogP contribution in [0.1, 0.15) is 30.5 Å². The molecule has 0 saturated carbocycles. The van der Waals surface area contributed by atoms with Gasteiger partial charge in [-0.1, -0.05) is 54.6 Å². The van der Waals surface area contributed by atoms with Gasteiger partial charge in [0.2, 0.25) is 0 Å². The molecule has 2 aromatic rings.